The van der Waals surface area contributed by atoms with Crippen LogP contribution in [0.25, 0.3) is 0 Å². The number of rotatable bonds is 13. The highest BCUT2D eigenvalue weighted by Crippen LogP contribution is 2.24. The number of carbonyl (C=O) groups is 1. The first-order valence-electron chi connectivity index (χ1n) is 11.6. The van der Waals surface area contributed by atoms with E-state index in [0.29, 0.717) is 14.8 Å². The van der Waals surface area contributed by atoms with Crippen LogP contribution in [0.2, 0.25) is 0 Å². The van der Waals surface area contributed by atoms with E-state index >= 15 is 0 Å². The molecule has 38 heavy (non-hydrogen) atoms. The molecule has 1 heterocycles. The first-order chi connectivity index (χ1) is 17.5. The summed E-state index contributed by atoms with van der Waals surface area (Å²) in [7, 11) is 0. The quantitative estimate of drug-likeness (QED) is 0.360. The van der Waals surface area contributed by atoms with Gasteiger partial charge in [-0.1, -0.05) is 18.2 Å². The van der Waals surface area contributed by atoms with E-state index in [0.717, 1.165) is 0 Å². The van der Waals surface area contributed by atoms with Crippen LogP contribution in [0.5, 0.6) is 5.75 Å². The van der Waals surface area contributed by atoms with Crippen molar-refractivity contribution in [1.29, 1.82) is 0 Å². The molecule has 0 saturated heterocycles. The second-order valence-electron chi connectivity index (χ2n) is 8.95. The molecule has 0 saturated carbocycles. The highest BCUT2D eigenvalue weighted by molar-refractivity contribution is 5.76. The number of aliphatic carboxylic acids is 1. The van der Waals surface area contributed by atoms with Gasteiger partial charge in [-0.2, -0.15) is 26.3 Å². The predicted octanol–water partition coefficient (Wildman–Crippen LogP) is 3.99. The number of halogens is 6. The number of alkyl halides is 6. The largest absolute Gasteiger partial charge is 0.478 e. The van der Waals surface area contributed by atoms with Crippen LogP contribution in [0.1, 0.15) is 45.1 Å². The Hall–Kier alpha value is -3.52. The maximum atomic E-state index is 12.8. The van der Waals surface area contributed by atoms with E-state index < -0.39 is 79.8 Å². The zero-order valence-electron chi connectivity index (χ0n) is 20.7. The van der Waals surface area contributed by atoms with Gasteiger partial charge in [-0.15, -0.1) is 5.10 Å². The molecule has 0 unspecified atom stereocenters. The van der Waals surface area contributed by atoms with Gasteiger partial charge in [-0.3, -0.25) is 9.36 Å². The number of ether oxygens (including phenoxy) is 1. The number of carboxylic acids is 1. The van der Waals surface area contributed by atoms with Crippen molar-refractivity contribution in [3.63, 3.8) is 0 Å². The summed E-state index contributed by atoms with van der Waals surface area (Å²) in [5.74, 6) is -1.36. The van der Waals surface area contributed by atoms with E-state index in [9.17, 15) is 45.8 Å². The molecule has 1 aromatic carbocycles. The Morgan fingerprint density at radius 3 is 2.16 bits per heavy atom. The van der Waals surface area contributed by atoms with E-state index in [1.165, 1.54) is 13.8 Å². The third-order valence-corrected chi connectivity index (χ3v) is 5.33. The van der Waals surface area contributed by atoms with Gasteiger partial charge in [0.05, 0.1) is 0 Å². The van der Waals surface area contributed by atoms with Gasteiger partial charge in [-0.25, -0.2) is 14.3 Å². The van der Waals surface area contributed by atoms with Crippen molar-refractivity contribution in [3.05, 3.63) is 50.7 Å². The fourth-order valence-electron chi connectivity index (χ4n) is 3.33. The molecule has 15 heteroatoms. The van der Waals surface area contributed by atoms with Crippen molar-refractivity contribution in [2.45, 2.75) is 77.0 Å². The second-order valence-corrected chi connectivity index (χ2v) is 8.95. The molecule has 0 atom stereocenters. The van der Waals surface area contributed by atoms with Crippen LogP contribution in [0.4, 0.5) is 32.2 Å². The van der Waals surface area contributed by atoms with Gasteiger partial charge >= 0.3 is 24.0 Å². The van der Waals surface area contributed by atoms with E-state index in [2.05, 4.69) is 10.4 Å². The summed E-state index contributed by atoms with van der Waals surface area (Å²) >= 11 is 0. The zero-order valence-corrected chi connectivity index (χ0v) is 20.7. The molecule has 0 bridgehead atoms. The average molecular weight is 554 g/mol. The van der Waals surface area contributed by atoms with Crippen LogP contribution in [0.15, 0.2) is 33.9 Å². The number of aromatic nitrogens is 3. The average Bonchev–Trinajstić information content (AvgIpc) is 2.78. The van der Waals surface area contributed by atoms with Crippen LogP contribution < -0.4 is 21.3 Å². The molecule has 0 aliphatic rings. The normalized spacial score (nSPS) is 12.4. The van der Waals surface area contributed by atoms with Gasteiger partial charge in [-0.05, 0) is 44.7 Å². The molecule has 0 radical (unpaired) electrons. The molecular formula is C23H28F6N4O5. The molecule has 2 rings (SSSR count). The first kappa shape index (κ1) is 30.7. The molecule has 2 aromatic rings. The van der Waals surface area contributed by atoms with Crippen LogP contribution in [0, 0.1) is 0 Å². The molecular weight excluding hydrogens is 526 g/mol. The van der Waals surface area contributed by atoms with Crippen LogP contribution >= 0.6 is 0 Å². The summed E-state index contributed by atoms with van der Waals surface area (Å²) in [6.45, 7) is 1.61. The lowest BCUT2D eigenvalue weighted by Crippen LogP contribution is -2.43. The number of hydrogen-bond donors (Lipinski definition) is 2. The molecule has 0 spiro atoms. The van der Waals surface area contributed by atoms with Crippen molar-refractivity contribution >= 4 is 11.8 Å². The highest BCUT2D eigenvalue weighted by Gasteiger charge is 2.30. The van der Waals surface area contributed by atoms with Gasteiger partial charge in [0.25, 0.3) is 5.56 Å². The molecule has 0 amide bonds. The highest BCUT2D eigenvalue weighted by atomic mass is 19.4. The summed E-state index contributed by atoms with van der Waals surface area (Å²) in [5.41, 5.74) is -3.11. The van der Waals surface area contributed by atoms with Crippen molar-refractivity contribution in [1.82, 2.24) is 14.3 Å². The number of nitrogens with one attached hydrogen (secondary N) is 1. The first-order valence-corrected chi connectivity index (χ1v) is 11.6. The molecule has 0 fully saturated rings. The monoisotopic (exact) mass is 554 g/mol. The number of hydrogen-bond acceptors (Lipinski definition) is 6. The Balaban J connectivity index is 2.26. The van der Waals surface area contributed by atoms with Crippen molar-refractivity contribution in [3.8, 4) is 5.75 Å². The fourth-order valence-corrected chi connectivity index (χ4v) is 3.33. The van der Waals surface area contributed by atoms with Gasteiger partial charge < -0.3 is 15.2 Å². The van der Waals surface area contributed by atoms with Gasteiger partial charge in [0, 0.05) is 32.5 Å². The summed E-state index contributed by atoms with van der Waals surface area (Å²) in [4.78, 5) is 36.8. The number of aryl methyl sites for hydroxylation is 1. The number of nitrogens with zero attached hydrogens (tertiary/aromatic N) is 3. The summed E-state index contributed by atoms with van der Waals surface area (Å²) in [5, 5.41) is 15.8. The SMILES string of the molecule is CC(C)(Oc1ccccc1CCNc1nn(CCCC(F)(F)F)c(=O)n(CCCC(F)(F)F)c1=O)C(=O)O. The minimum Gasteiger partial charge on any atom is -0.478 e. The lowest BCUT2D eigenvalue weighted by atomic mass is 10.1. The maximum Gasteiger partial charge on any atom is 0.389 e. The molecule has 9 nitrogen and oxygen atoms in total. The van der Waals surface area contributed by atoms with Crippen molar-refractivity contribution in [2.24, 2.45) is 0 Å². The Morgan fingerprint density at radius 2 is 1.58 bits per heavy atom. The Bertz CT molecular complexity index is 1220. The Kier molecular flexibility index (Phi) is 9.98. The summed E-state index contributed by atoms with van der Waals surface area (Å²) < 4.78 is 82.0. The molecule has 212 valence electrons. The van der Waals surface area contributed by atoms with Crippen LogP contribution in [-0.2, 0) is 24.3 Å². The third kappa shape index (κ3) is 9.41. The smallest absolute Gasteiger partial charge is 0.389 e. The molecule has 1 aromatic heterocycles. The lowest BCUT2D eigenvalue weighted by molar-refractivity contribution is -0.152. The van der Waals surface area contributed by atoms with Crippen LogP contribution in [-0.4, -0.2) is 49.9 Å². The fraction of sp³-hybridized carbons (Fsp3) is 0.565. The minimum atomic E-state index is -4.52. The van der Waals surface area contributed by atoms with E-state index in [1.54, 1.807) is 24.3 Å². The standard InChI is InChI=1S/C23H28F6N4O5/c1-21(2,19(35)36)38-16-8-4-3-7-15(16)9-12-30-17-18(34)32(13-5-10-22(24,25)26)20(37)33(31-17)14-6-11-23(27,28)29/h3-4,7-8H,5-6,9-14H2,1-2H3,(H,30,31)(H,35,36). The number of benzene rings is 1. The summed E-state index contributed by atoms with van der Waals surface area (Å²) in [6.07, 6.45) is -12.4. The van der Waals surface area contributed by atoms with E-state index in [1.807, 2.05) is 0 Å². The number of anilines is 1. The Morgan fingerprint density at radius 1 is 1.00 bits per heavy atom. The molecule has 0 aliphatic carbocycles. The maximum absolute atomic E-state index is 12.8. The van der Waals surface area contributed by atoms with Crippen LogP contribution in [0.3, 0.4) is 0 Å². The Labute approximate surface area is 213 Å². The molecule has 0 aliphatic heterocycles. The predicted molar refractivity (Wildman–Crippen MR) is 124 cm³/mol. The van der Waals surface area contributed by atoms with Crippen molar-refractivity contribution < 1.29 is 41.0 Å². The molecule has 2 N–H and O–H groups in total. The van der Waals surface area contributed by atoms with Gasteiger partial charge in [0.1, 0.15) is 5.75 Å². The second kappa shape index (κ2) is 12.3. The third-order valence-electron chi connectivity index (χ3n) is 5.33. The number of para-hydroxylation sites is 1. The zero-order chi connectivity index (χ0) is 28.7. The number of carboxylic acid groups (broad SMARTS) is 1. The summed E-state index contributed by atoms with van der Waals surface area (Å²) in [6, 6.07) is 6.49. The van der Waals surface area contributed by atoms with Crippen molar-refractivity contribution in [2.75, 3.05) is 11.9 Å². The van der Waals surface area contributed by atoms with Gasteiger partial charge in [0.2, 0.25) is 5.82 Å². The topological polar surface area (TPSA) is 115 Å². The van der Waals surface area contributed by atoms with E-state index in [4.69, 9.17) is 4.74 Å². The minimum absolute atomic E-state index is 0.000576. The lowest BCUT2D eigenvalue weighted by Gasteiger charge is -2.23. The van der Waals surface area contributed by atoms with E-state index in [-0.39, 0.29) is 18.7 Å². The van der Waals surface area contributed by atoms with Gasteiger partial charge in [0.15, 0.2) is 5.60 Å².